The molecule has 3 heterocycles. The van der Waals surface area contributed by atoms with E-state index in [-0.39, 0.29) is 19.4 Å². The predicted molar refractivity (Wildman–Crippen MR) is 144 cm³/mol. The first-order valence-electron chi connectivity index (χ1n) is 11.6. The second kappa shape index (κ2) is 11.2. The average Bonchev–Trinajstić information content (AvgIpc) is 3.59. The van der Waals surface area contributed by atoms with Crippen LogP contribution in [0.4, 0.5) is 5.13 Å². The molecular weight excluding hydrogens is 470 g/mol. The summed E-state index contributed by atoms with van der Waals surface area (Å²) in [5, 5.41) is 6.78. The van der Waals surface area contributed by atoms with Crippen molar-refractivity contribution in [3.05, 3.63) is 46.2 Å². The van der Waals surface area contributed by atoms with Crippen molar-refractivity contribution in [2.75, 3.05) is 31.1 Å². The summed E-state index contributed by atoms with van der Waals surface area (Å²) in [5.74, 6) is 0.0572. The molecule has 0 bridgehead atoms. The molecule has 0 unspecified atom stereocenters. The molecule has 0 spiro atoms. The lowest BCUT2D eigenvalue weighted by Gasteiger charge is -2.35. The zero-order valence-electron chi connectivity index (χ0n) is 18.8. The molecule has 1 aromatic carbocycles. The topological polar surface area (TPSA) is 74.5 Å². The Morgan fingerprint density at radius 2 is 1.97 bits per heavy atom. The van der Waals surface area contributed by atoms with Gasteiger partial charge >= 0.3 is 0 Å². The largest absolute Gasteiger partial charge is 0.345 e. The standard InChI is InChI=1S/C24H31N5OS2.H2S/c25-20(15-19-6-3-13-31-19)23(30)28-9-11-29(12-10-28)24-27-21-8-7-17(14-22(21)32-24)16-26-18-4-1-2-5-18;/h3,6-8,13-14,18,20,26H,1-2,4-5,9-12,15-16,25H2;1H2/t20-;/m0./s1. The molecule has 1 amide bonds. The number of nitrogens with zero attached hydrogens (tertiary/aromatic N) is 3. The van der Waals surface area contributed by atoms with Gasteiger partial charge in [-0.3, -0.25) is 4.79 Å². The van der Waals surface area contributed by atoms with Crippen molar-refractivity contribution in [3.8, 4) is 0 Å². The van der Waals surface area contributed by atoms with E-state index < -0.39 is 6.04 Å². The van der Waals surface area contributed by atoms with Crippen molar-refractivity contribution in [2.24, 2.45) is 5.73 Å². The summed E-state index contributed by atoms with van der Waals surface area (Å²) in [7, 11) is 0. The van der Waals surface area contributed by atoms with E-state index in [9.17, 15) is 4.79 Å². The highest BCUT2D eigenvalue weighted by Crippen LogP contribution is 2.30. The average molecular weight is 504 g/mol. The lowest BCUT2D eigenvalue weighted by Crippen LogP contribution is -2.53. The Kier molecular flexibility index (Phi) is 8.29. The molecule has 1 saturated heterocycles. The SMILES string of the molecule is N[C@@H](Cc1cccs1)C(=O)N1CCN(c2nc3ccc(CNC4CCCC4)cc3s2)CC1.S. The molecule has 2 fully saturated rings. The second-order valence-corrected chi connectivity index (χ2v) is 10.9. The van der Waals surface area contributed by atoms with Gasteiger partial charge in [-0.2, -0.15) is 13.5 Å². The Morgan fingerprint density at radius 3 is 2.70 bits per heavy atom. The van der Waals surface area contributed by atoms with Crippen LogP contribution in [0.15, 0.2) is 35.7 Å². The van der Waals surface area contributed by atoms with Crippen molar-refractivity contribution < 1.29 is 4.79 Å². The minimum Gasteiger partial charge on any atom is -0.345 e. The molecule has 1 aliphatic carbocycles. The van der Waals surface area contributed by atoms with Crippen LogP contribution in [0.25, 0.3) is 10.2 Å². The summed E-state index contributed by atoms with van der Waals surface area (Å²) in [6.45, 7) is 3.92. The smallest absolute Gasteiger partial charge is 0.239 e. The number of aromatic nitrogens is 1. The number of nitrogens with two attached hydrogens (primary N) is 1. The van der Waals surface area contributed by atoms with Gasteiger partial charge in [0.25, 0.3) is 0 Å². The lowest BCUT2D eigenvalue weighted by molar-refractivity contribution is -0.132. The van der Waals surface area contributed by atoms with Crippen LogP contribution in [-0.2, 0) is 17.8 Å². The van der Waals surface area contributed by atoms with Gasteiger partial charge in [-0.1, -0.05) is 36.3 Å². The molecule has 0 radical (unpaired) electrons. The Hall–Kier alpha value is -1.65. The quantitative estimate of drug-likeness (QED) is 0.514. The first-order chi connectivity index (χ1) is 15.7. The van der Waals surface area contributed by atoms with Gasteiger partial charge in [0.15, 0.2) is 5.13 Å². The van der Waals surface area contributed by atoms with Crippen LogP contribution >= 0.6 is 36.2 Å². The van der Waals surface area contributed by atoms with Crippen molar-refractivity contribution in [1.29, 1.82) is 0 Å². The molecule has 1 saturated carbocycles. The number of rotatable bonds is 7. The number of anilines is 1. The van der Waals surface area contributed by atoms with Gasteiger partial charge in [-0.25, -0.2) is 4.98 Å². The molecule has 9 heteroatoms. The molecule has 178 valence electrons. The van der Waals surface area contributed by atoms with Gasteiger partial charge in [-0.05, 0) is 42.0 Å². The van der Waals surface area contributed by atoms with Crippen LogP contribution in [0.2, 0.25) is 0 Å². The van der Waals surface area contributed by atoms with Crippen LogP contribution in [0.3, 0.4) is 0 Å². The number of carbonyl (C=O) groups excluding carboxylic acids is 1. The van der Waals surface area contributed by atoms with E-state index >= 15 is 0 Å². The molecule has 1 aliphatic heterocycles. The van der Waals surface area contributed by atoms with Crippen molar-refractivity contribution >= 4 is 57.4 Å². The maximum Gasteiger partial charge on any atom is 0.239 e. The van der Waals surface area contributed by atoms with Gasteiger partial charge in [0.1, 0.15) is 0 Å². The minimum absolute atomic E-state index is 0. The number of amides is 1. The molecule has 2 aromatic heterocycles. The van der Waals surface area contributed by atoms with Gasteiger partial charge < -0.3 is 20.9 Å². The molecule has 3 aromatic rings. The van der Waals surface area contributed by atoms with E-state index in [4.69, 9.17) is 10.7 Å². The predicted octanol–water partition coefficient (Wildman–Crippen LogP) is 3.72. The summed E-state index contributed by atoms with van der Waals surface area (Å²) in [6, 6.07) is 10.9. The number of hydrogen-bond acceptors (Lipinski definition) is 7. The van der Waals surface area contributed by atoms with E-state index in [2.05, 4.69) is 28.4 Å². The van der Waals surface area contributed by atoms with Crippen LogP contribution in [-0.4, -0.2) is 54.1 Å². The fraction of sp³-hybridized carbons (Fsp3) is 0.500. The van der Waals surface area contributed by atoms with E-state index in [1.165, 1.54) is 35.9 Å². The molecule has 6 nitrogen and oxygen atoms in total. The normalized spacial score (nSPS) is 18.0. The summed E-state index contributed by atoms with van der Waals surface area (Å²) in [4.78, 5) is 23.0. The van der Waals surface area contributed by atoms with Crippen LogP contribution in [0.1, 0.15) is 36.1 Å². The van der Waals surface area contributed by atoms with E-state index in [0.29, 0.717) is 25.6 Å². The van der Waals surface area contributed by atoms with Crippen molar-refractivity contribution in [1.82, 2.24) is 15.2 Å². The maximum absolute atomic E-state index is 12.8. The number of piperazine rings is 1. The van der Waals surface area contributed by atoms with Crippen LogP contribution in [0, 0.1) is 0 Å². The van der Waals surface area contributed by atoms with Crippen LogP contribution in [0.5, 0.6) is 0 Å². The summed E-state index contributed by atoms with van der Waals surface area (Å²) in [5.41, 5.74) is 8.59. The van der Waals surface area contributed by atoms with Gasteiger partial charge in [0.05, 0.1) is 16.3 Å². The third-order valence-corrected chi connectivity index (χ3v) is 8.55. The van der Waals surface area contributed by atoms with Crippen molar-refractivity contribution in [2.45, 2.75) is 50.7 Å². The molecule has 1 atom stereocenters. The second-order valence-electron chi connectivity index (χ2n) is 8.86. The van der Waals surface area contributed by atoms with E-state index in [1.54, 1.807) is 22.7 Å². The number of benzene rings is 1. The third kappa shape index (κ3) is 5.89. The molecule has 5 rings (SSSR count). The zero-order chi connectivity index (χ0) is 21.9. The summed E-state index contributed by atoms with van der Waals surface area (Å²) < 4.78 is 1.24. The highest BCUT2D eigenvalue weighted by atomic mass is 32.1. The minimum atomic E-state index is -0.459. The first-order valence-corrected chi connectivity index (χ1v) is 13.3. The molecule has 33 heavy (non-hydrogen) atoms. The third-order valence-electron chi connectivity index (χ3n) is 6.57. The van der Waals surface area contributed by atoms with Crippen LogP contribution < -0.4 is 16.0 Å². The Labute approximate surface area is 210 Å². The van der Waals surface area contributed by atoms with Crippen molar-refractivity contribution in [3.63, 3.8) is 0 Å². The Morgan fingerprint density at radius 1 is 1.18 bits per heavy atom. The Balaban J connectivity index is 0.00000259. The number of thiazole rings is 1. The highest BCUT2D eigenvalue weighted by Gasteiger charge is 2.27. The molecular formula is C24H33N5OS3. The van der Waals surface area contributed by atoms with Gasteiger partial charge in [0.2, 0.25) is 5.91 Å². The number of nitrogens with one attached hydrogen (secondary N) is 1. The number of thiophene rings is 1. The Bertz CT molecular complexity index is 1040. The fourth-order valence-electron chi connectivity index (χ4n) is 4.68. The van der Waals surface area contributed by atoms with Gasteiger partial charge in [-0.15, -0.1) is 11.3 Å². The first kappa shape index (κ1) is 24.5. The molecule has 2 aliphatic rings. The summed E-state index contributed by atoms with van der Waals surface area (Å²) in [6.07, 6.45) is 5.94. The number of carbonyl (C=O) groups is 1. The summed E-state index contributed by atoms with van der Waals surface area (Å²) >= 11 is 3.41. The van der Waals surface area contributed by atoms with Gasteiger partial charge in [0, 0.05) is 50.1 Å². The fourth-order valence-corrected chi connectivity index (χ4v) is 6.53. The van der Waals surface area contributed by atoms with E-state index in [0.717, 1.165) is 35.2 Å². The maximum atomic E-state index is 12.8. The zero-order valence-corrected chi connectivity index (χ0v) is 21.5. The monoisotopic (exact) mass is 503 g/mol. The number of fused-ring (bicyclic) bond motifs is 1. The molecule has 3 N–H and O–H groups in total. The number of hydrogen-bond donors (Lipinski definition) is 2. The highest BCUT2D eigenvalue weighted by molar-refractivity contribution is 7.59. The van der Waals surface area contributed by atoms with E-state index in [1.807, 2.05) is 22.4 Å². The lowest BCUT2D eigenvalue weighted by atomic mass is 10.1.